The Morgan fingerprint density at radius 1 is 1.13 bits per heavy atom. The van der Waals surface area contributed by atoms with Crippen molar-refractivity contribution >= 4 is 51.1 Å². The van der Waals surface area contributed by atoms with Gasteiger partial charge in [0.15, 0.2) is 0 Å². The molecular weight excluding hydrogens is 484 g/mol. The molecule has 2 rings (SSSR count). The number of hydrogen-bond acceptors (Lipinski definition) is 3. The molecule has 0 aliphatic carbocycles. The molecule has 4 nitrogen and oxygen atoms in total. The Hall–Kier alpha value is -1.50. The minimum Gasteiger partial charge on any atom is -0.350 e. The van der Waals surface area contributed by atoms with Gasteiger partial charge in [-0.3, -0.25) is 9.59 Å². The first-order chi connectivity index (χ1) is 14.0. The van der Waals surface area contributed by atoms with Gasteiger partial charge >= 0.3 is 0 Å². The van der Waals surface area contributed by atoms with Crippen molar-refractivity contribution in [2.24, 2.45) is 0 Å². The quantitative estimate of drug-likeness (QED) is 0.497. The van der Waals surface area contributed by atoms with Gasteiger partial charge < -0.3 is 10.2 Å². The van der Waals surface area contributed by atoms with E-state index in [4.69, 9.17) is 11.6 Å². The van der Waals surface area contributed by atoms with Crippen molar-refractivity contribution in [3.63, 3.8) is 0 Å². The molecule has 0 fully saturated rings. The number of amides is 2. The zero-order valence-corrected chi connectivity index (χ0v) is 20.9. The number of hydrogen-bond donors (Lipinski definition) is 1. The van der Waals surface area contributed by atoms with E-state index in [1.54, 1.807) is 29.7 Å². The van der Waals surface area contributed by atoms with Gasteiger partial charge in [0, 0.05) is 27.3 Å². The molecule has 0 saturated carbocycles. The van der Waals surface area contributed by atoms with Crippen LogP contribution in [0.2, 0.25) is 5.02 Å². The van der Waals surface area contributed by atoms with Gasteiger partial charge in [0.2, 0.25) is 11.8 Å². The third-order valence-corrected chi connectivity index (χ3v) is 6.07. The summed E-state index contributed by atoms with van der Waals surface area (Å²) in [7, 11) is 0. The molecule has 0 spiro atoms. The third-order valence-electron chi connectivity index (χ3n) is 4.31. The van der Waals surface area contributed by atoms with Crippen LogP contribution in [0.5, 0.6) is 0 Å². The van der Waals surface area contributed by atoms with Gasteiger partial charge in [0.25, 0.3) is 0 Å². The van der Waals surface area contributed by atoms with Crippen molar-refractivity contribution in [3.8, 4) is 0 Å². The summed E-state index contributed by atoms with van der Waals surface area (Å²) in [6.07, 6.45) is 0. The maximum absolute atomic E-state index is 13.1. The summed E-state index contributed by atoms with van der Waals surface area (Å²) in [5.41, 5.74) is 1.67. The van der Waals surface area contributed by atoms with Gasteiger partial charge in [-0.25, -0.2) is 0 Å². The lowest BCUT2D eigenvalue weighted by Crippen LogP contribution is -2.52. The van der Waals surface area contributed by atoms with E-state index in [1.807, 2.05) is 63.2 Å². The highest BCUT2D eigenvalue weighted by Crippen LogP contribution is 2.19. The number of thioether (sulfide) groups is 1. The van der Waals surface area contributed by atoms with Crippen molar-refractivity contribution in [2.45, 2.75) is 51.6 Å². The Morgan fingerprint density at radius 3 is 2.40 bits per heavy atom. The molecule has 0 aromatic heterocycles. The first kappa shape index (κ1) is 24.8. The molecule has 2 aromatic carbocycles. The van der Waals surface area contributed by atoms with Crippen molar-refractivity contribution in [3.05, 3.63) is 69.2 Å². The Labute approximate surface area is 196 Å². The van der Waals surface area contributed by atoms with Crippen LogP contribution in [-0.2, 0) is 21.9 Å². The molecule has 7 heteroatoms. The second kappa shape index (κ2) is 11.2. The summed E-state index contributed by atoms with van der Waals surface area (Å²) in [5, 5.41) is 3.58. The lowest BCUT2D eigenvalue weighted by molar-refractivity contribution is -0.139. The maximum atomic E-state index is 13.1. The zero-order chi connectivity index (χ0) is 22.3. The lowest BCUT2D eigenvalue weighted by atomic mass is 10.1. The van der Waals surface area contributed by atoms with Crippen LogP contribution in [0.3, 0.4) is 0 Å². The SMILES string of the molecule is C[C@@H](C(=O)NC(C)(C)C)N(Cc1cccc(Cl)c1)C(=O)CSCc1ccc(Br)cc1. The average molecular weight is 512 g/mol. The fraction of sp³-hybridized carbons (Fsp3) is 0.391. The summed E-state index contributed by atoms with van der Waals surface area (Å²) >= 11 is 11.1. The molecule has 0 unspecified atom stereocenters. The number of carbonyl (C=O) groups excluding carboxylic acids is 2. The summed E-state index contributed by atoms with van der Waals surface area (Å²) in [6, 6.07) is 14.8. The second-order valence-corrected chi connectivity index (χ2v) is 10.5. The van der Waals surface area contributed by atoms with E-state index in [0.717, 1.165) is 21.4 Å². The summed E-state index contributed by atoms with van der Waals surface area (Å²) in [6.45, 7) is 7.87. The van der Waals surface area contributed by atoms with Crippen LogP contribution in [0.25, 0.3) is 0 Å². The first-order valence-corrected chi connectivity index (χ1v) is 12.1. The highest BCUT2D eigenvalue weighted by molar-refractivity contribution is 9.10. The number of nitrogens with zero attached hydrogens (tertiary/aromatic N) is 1. The predicted molar refractivity (Wildman–Crippen MR) is 130 cm³/mol. The fourth-order valence-corrected chi connectivity index (χ4v) is 4.16. The van der Waals surface area contributed by atoms with E-state index in [1.165, 1.54) is 0 Å². The minimum absolute atomic E-state index is 0.0753. The fourth-order valence-electron chi connectivity index (χ4n) is 2.81. The van der Waals surface area contributed by atoms with Gasteiger partial charge in [-0.1, -0.05) is 51.8 Å². The number of nitrogens with one attached hydrogen (secondary N) is 1. The summed E-state index contributed by atoms with van der Waals surface area (Å²) in [5.74, 6) is 0.778. The highest BCUT2D eigenvalue weighted by atomic mass is 79.9. The Bertz CT molecular complexity index is 868. The molecule has 0 radical (unpaired) electrons. The van der Waals surface area contributed by atoms with Gasteiger partial charge in [-0.2, -0.15) is 0 Å². The van der Waals surface area contributed by atoms with Crippen LogP contribution in [0.15, 0.2) is 53.0 Å². The van der Waals surface area contributed by atoms with Crippen molar-refractivity contribution in [2.75, 3.05) is 5.75 Å². The maximum Gasteiger partial charge on any atom is 0.242 e. The topological polar surface area (TPSA) is 49.4 Å². The Kier molecular flexibility index (Phi) is 9.26. The van der Waals surface area contributed by atoms with Crippen LogP contribution >= 0.6 is 39.3 Å². The molecule has 30 heavy (non-hydrogen) atoms. The molecule has 0 bridgehead atoms. The first-order valence-electron chi connectivity index (χ1n) is 9.73. The van der Waals surface area contributed by atoms with E-state index in [-0.39, 0.29) is 17.4 Å². The number of rotatable bonds is 8. The number of carbonyl (C=O) groups is 2. The molecule has 2 amide bonds. The van der Waals surface area contributed by atoms with Crippen LogP contribution in [0.1, 0.15) is 38.8 Å². The molecule has 1 atom stereocenters. The zero-order valence-electron chi connectivity index (χ0n) is 17.7. The van der Waals surface area contributed by atoms with Crippen molar-refractivity contribution in [1.82, 2.24) is 10.2 Å². The molecule has 1 N–H and O–H groups in total. The van der Waals surface area contributed by atoms with Crippen LogP contribution in [-0.4, -0.2) is 34.0 Å². The van der Waals surface area contributed by atoms with Crippen LogP contribution in [0.4, 0.5) is 0 Å². The van der Waals surface area contributed by atoms with Crippen molar-refractivity contribution in [1.29, 1.82) is 0 Å². The number of halogens is 2. The van der Waals surface area contributed by atoms with Crippen LogP contribution in [0, 0.1) is 0 Å². The minimum atomic E-state index is -0.594. The van der Waals surface area contributed by atoms with Crippen LogP contribution < -0.4 is 5.32 Å². The Balaban J connectivity index is 2.09. The highest BCUT2D eigenvalue weighted by Gasteiger charge is 2.28. The summed E-state index contributed by atoms with van der Waals surface area (Å²) < 4.78 is 1.03. The van der Waals surface area contributed by atoms with Gasteiger partial charge in [-0.05, 0) is 63.1 Å². The normalized spacial score (nSPS) is 12.3. The molecule has 0 aliphatic heterocycles. The van der Waals surface area contributed by atoms with E-state index in [0.29, 0.717) is 17.3 Å². The molecule has 0 saturated heterocycles. The van der Waals surface area contributed by atoms with Gasteiger partial charge in [0.05, 0.1) is 5.75 Å². The monoisotopic (exact) mass is 510 g/mol. The van der Waals surface area contributed by atoms with E-state index in [9.17, 15) is 9.59 Å². The molecular formula is C23H28BrClN2O2S. The average Bonchev–Trinajstić information content (AvgIpc) is 2.65. The second-order valence-electron chi connectivity index (χ2n) is 8.19. The largest absolute Gasteiger partial charge is 0.350 e. The lowest BCUT2D eigenvalue weighted by Gasteiger charge is -2.31. The van der Waals surface area contributed by atoms with Gasteiger partial charge in [0.1, 0.15) is 6.04 Å². The standard InChI is InChI=1S/C23H28BrClN2O2S/c1-16(22(29)26-23(2,3)4)27(13-18-6-5-7-20(25)12-18)21(28)15-30-14-17-8-10-19(24)11-9-17/h5-12,16H,13-15H2,1-4H3,(H,26,29)/t16-/m0/s1. The Morgan fingerprint density at radius 2 is 1.80 bits per heavy atom. The van der Waals surface area contributed by atoms with E-state index < -0.39 is 6.04 Å². The molecule has 2 aromatic rings. The van der Waals surface area contributed by atoms with E-state index in [2.05, 4.69) is 21.2 Å². The smallest absolute Gasteiger partial charge is 0.242 e. The molecule has 0 aliphatic rings. The molecule has 0 heterocycles. The predicted octanol–water partition coefficient (Wildman–Crippen LogP) is 5.67. The van der Waals surface area contributed by atoms with E-state index >= 15 is 0 Å². The summed E-state index contributed by atoms with van der Waals surface area (Å²) in [4.78, 5) is 27.4. The third kappa shape index (κ3) is 8.32. The number of benzene rings is 2. The van der Waals surface area contributed by atoms with Gasteiger partial charge in [-0.15, -0.1) is 11.8 Å². The van der Waals surface area contributed by atoms with Crippen molar-refractivity contribution < 1.29 is 9.59 Å². The molecule has 162 valence electrons.